The summed E-state index contributed by atoms with van der Waals surface area (Å²) in [6, 6.07) is 7.55. The lowest BCUT2D eigenvalue weighted by molar-refractivity contribution is -0.384. The van der Waals surface area contributed by atoms with Crippen LogP contribution in [-0.4, -0.2) is 14.9 Å². The lowest BCUT2D eigenvalue weighted by Gasteiger charge is -2.07. The highest BCUT2D eigenvalue weighted by Crippen LogP contribution is 2.23. The number of aromatic nitrogens is 2. The van der Waals surface area contributed by atoms with Crippen LogP contribution in [0.2, 0.25) is 0 Å². The van der Waals surface area contributed by atoms with Crippen LogP contribution in [0.25, 0.3) is 0 Å². The highest BCUT2D eigenvalue weighted by molar-refractivity contribution is 9.10. The van der Waals surface area contributed by atoms with Gasteiger partial charge in [-0.25, -0.2) is 4.98 Å². The monoisotopic (exact) mass is 323 g/mol. The number of anilines is 2. The van der Waals surface area contributed by atoms with E-state index in [9.17, 15) is 10.1 Å². The summed E-state index contributed by atoms with van der Waals surface area (Å²) in [5.74, 6) is 0.0912. The maximum absolute atomic E-state index is 10.8. The number of halogens is 1. The number of hydrogen-bond acceptors (Lipinski definition) is 6. The first-order valence-corrected chi connectivity index (χ1v) is 6.11. The maximum atomic E-state index is 10.8. The Morgan fingerprint density at radius 2 is 2.16 bits per heavy atom. The number of nitrogens with two attached hydrogens (primary N) is 1. The Morgan fingerprint density at radius 3 is 2.84 bits per heavy atom. The summed E-state index contributed by atoms with van der Waals surface area (Å²) in [5.41, 5.74) is 6.18. The third kappa shape index (κ3) is 3.16. The summed E-state index contributed by atoms with van der Waals surface area (Å²) in [5, 5.41) is 13.7. The lowest BCUT2D eigenvalue weighted by atomic mass is 10.2. The molecule has 8 heteroatoms. The van der Waals surface area contributed by atoms with Gasteiger partial charge in [0.1, 0.15) is 6.20 Å². The van der Waals surface area contributed by atoms with Crippen LogP contribution in [0.4, 0.5) is 17.5 Å². The smallest absolute Gasteiger partial charge is 0.329 e. The molecule has 3 N–H and O–H groups in total. The summed E-state index contributed by atoms with van der Waals surface area (Å²) in [7, 11) is 0. The maximum Gasteiger partial charge on any atom is 0.329 e. The van der Waals surface area contributed by atoms with Crippen molar-refractivity contribution in [2.45, 2.75) is 6.54 Å². The van der Waals surface area contributed by atoms with Gasteiger partial charge < -0.3 is 11.1 Å². The second-order valence-corrected chi connectivity index (χ2v) is 4.52. The van der Waals surface area contributed by atoms with E-state index in [0.717, 1.165) is 16.2 Å². The van der Waals surface area contributed by atoms with E-state index in [4.69, 9.17) is 5.73 Å². The van der Waals surface area contributed by atoms with Crippen LogP contribution in [0.3, 0.4) is 0 Å². The Kier molecular flexibility index (Phi) is 3.91. The van der Waals surface area contributed by atoms with Crippen LogP contribution in [0.1, 0.15) is 5.56 Å². The second kappa shape index (κ2) is 5.61. The van der Waals surface area contributed by atoms with Crippen LogP contribution < -0.4 is 11.1 Å². The molecule has 0 amide bonds. The Labute approximate surface area is 117 Å². The fraction of sp³-hybridized carbons (Fsp3) is 0.0909. The SMILES string of the molecule is Nc1ncc([N+](=O)[O-])c(NCc2ccccc2Br)n1. The molecule has 0 aliphatic carbocycles. The fourth-order valence-corrected chi connectivity index (χ4v) is 1.90. The zero-order chi connectivity index (χ0) is 13.8. The van der Waals surface area contributed by atoms with E-state index in [1.807, 2.05) is 24.3 Å². The van der Waals surface area contributed by atoms with Gasteiger partial charge in [-0.05, 0) is 11.6 Å². The standard InChI is InChI=1S/C11H10BrN5O2/c12-8-4-2-1-3-7(8)5-14-10-9(17(18)19)6-15-11(13)16-10/h1-4,6H,5H2,(H3,13,14,15,16). The number of rotatable bonds is 4. The van der Waals surface area contributed by atoms with E-state index in [1.165, 1.54) is 0 Å². The Hall–Kier alpha value is -2.22. The molecule has 0 atom stereocenters. The van der Waals surface area contributed by atoms with Gasteiger partial charge in [0.15, 0.2) is 0 Å². The zero-order valence-electron chi connectivity index (χ0n) is 9.71. The van der Waals surface area contributed by atoms with Crippen LogP contribution in [-0.2, 0) is 6.54 Å². The minimum Gasteiger partial charge on any atom is -0.368 e. The third-order valence-corrected chi connectivity index (χ3v) is 3.16. The molecule has 1 heterocycles. The van der Waals surface area contributed by atoms with Gasteiger partial charge in [-0.1, -0.05) is 34.1 Å². The van der Waals surface area contributed by atoms with Crippen molar-refractivity contribution in [1.29, 1.82) is 0 Å². The molecule has 1 aromatic carbocycles. The molecule has 0 saturated carbocycles. The number of hydrogen-bond donors (Lipinski definition) is 2. The summed E-state index contributed by atoms with van der Waals surface area (Å²) < 4.78 is 0.909. The van der Waals surface area contributed by atoms with Gasteiger partial charge in [-0.3, -0.25) is 10.1 Å². The van der Waals surface area contributed by atoms with Crippen LogP contribution in [0.5, 0.6) is 0 Å². The molecule has 0 unspecified atom stereocenters. The molecule has 1 aromatic heterocycles. The molecular weight excluding hydrogens is 314 g/mol. The van der Waals surface area contributed by atoms with E-state index < -0.39 is 4.92 Å². The van der Waals surface area contributed by atoms with Crippen molar-refractivity contribution in [3.05, 3.63) is 50.6 Å². The van der Waals surface area contributed by atoms with Crippen molar-refractivity contribution in [2.75, 3.05) is 11.1 Å². The number of nitrogens with zero attached hydrogens (tertiary/aromatic N) is 3. The molecule has 2 rings (SSSR count). The first-order chi connectivity index (χ1) is 9.08. The van der Waals surface area contributed by atoms with E-state index in [2.05, 4.69) is 31.2 Å². The first kappa shape index (κ1) is 13.2. The molecule has 0 saturated heterocycles. The Morgan fingerprint density at radius 1 is 1.42 bits per heavy atom. The van der Waals surface area contributed by atoms with Crippen molar-refractivity contribution in [1.82, 2.24) is 9.97 Å². The van der Waals surface area contributed by atoms with Crippen LogP contribution in [0.15, 0.2) is 34.9 Å². The molecule has 2 aromatic rings. The molecule has 98 valence electrons. The molecule has 0 spiro atoms. The van der Waals surface area contributed by atoms with Crippen molar-refractivity contribution < 1.29 is 4.92 Å². The van der Waals surface area contributed by atoms with E-state index in [0.29, 0.717) is 6.54 Å². The van der Waals surface area contributed by atoms with Crippen molar-refractivity contribution in [3.8, 4) is 0 Å². The van der Waals surface area contributed by atoms with Gasteiger partial charge >= 0.3 is 5.69 Å². The highest BCUT2D eigenvalue weighted by Gasteiger charge is 2.16. The summed E-state index contributed by atoms with van der Waals surface area (Å²) in [4.78, 5) is 17.7. The predicted molar refractivity (Wildman–Crippen MR) is 74.6 cm³/mol. The third-order valence-electron chi connectivity index (χ3n) is 2.39. The summed E-state index contributed by atoms with van der Waals surface area (Å²) in [6.07, 6.45) is 1.09. The van der Waals surface area contributed by atoms with Crippen molar-refractivity contribution in [2.24, 2.45) is 0 Å². The molecule has 0 aliphatic heterocycles. The molecular formula is C11H10BrN5O2. The first-order valence-electron chi connectivity index (χ1n) is 5.32. The average Bonchev–Trinajstić information content (AvgIpc) is 2.37. The van der Waals surface area contributed by atoms with Gasteiger partial charge in [0.25, 0.3) is 0 Å². The molecule has 7 nitrogen and oxygen atoms in total. The average molecular weight is 324 g/mol. The van der Waals surface area contributed by atoms with Gasteiger partial charge in [-0.2, -0.15) is 4.98 Å². The number of nitrogens with one attached hydrogen (secondary N) is 1. The summed E-state index contributed by atoms with van der Waals surface area (Å²) >= 11 is 3.40. The number of nitro groups is 1. The molecule has 19 heavy (non-hydrogen) atoms. The Balaban J connectivity index is 2.22. The largest absolute Gasteiger partial charge is 0.368 e. The topological polar surface area (TPSA) is 107 Å². The fourth-order valence-electron chi connectivity index (χ4n) is 1.47. The predicted octanol–water partition coefficient (Wildman–Crippen LogP) is 2.34. The van der Waals surface area contributed by atoms with Gasteiger partial charge in [0.05, 0.1) is 4.92 Å². The van der Waals surface area contributed by atoms with E-state index in [1.54, 1.807) is 0 Å². The van der Waals surface area contributed by atoms with E-state index >= 15 is 0 Å². The lowest BCUT2D eigenvalue weighted by Crippen LogP contribution is -2.07. The number of nitrogen functional groups attached to an aromatic ring is 1. The molecule has 0 bridgehead atoms. The highest BCUT2D eigenvalue weighted by atomic mass is 79.9. The van der Waals surface area contributed by atoms with Gasteiger partial charge in [-0.15, -0.1) is 0 Å². The normalized spacial score (nSPS) is 10.2. The quantitative estimate of drug-likeness (QED) is 0.660. The second-order valence-electron chi connectivity index (χ2n) is 3.66. The molecule has 0 fully saturated rings. The van der Waals surface area contributed by atoms with Gasteiger partial charge in [0, 0.05) is 11.0 Å². The van der Waals surface area contributed by atoms with E-state index in [-0.39, 0.29) is 17.5 Å². The molecule has 0 radical (unpaired) electrons. The minimum absolute atomic E-state index is 0.0137. The Bertz CT molecular complexity index is 620. The zero-order valence-corrected chi connectivity index (χ0v) is 11.3. The van der Waals surface area contributed by atoms with Gasteiger partial charge in [0.2, 0.25) is 11.8 Å². The van der Waals surface area contributed by atoms with Crippen molar-refractivity contribution in [3.63, 3.8) is 0 Å². The van der Waals surface area contributed by atoms with Crippen LogP contribution in [0, 0.1) is 10.1 Å². The molecule has 0 aliphatic rings. The van der Waals surface area contributed by atoms with Crippen LogP contribution >= 0.6 is 15.9 Å². The van der Waals surface area contributed by atoms with Crippen molar-refractivity contribution >= 4 is 33.4 Å². The summed E-state index contributed by atoms with van der Waals surface area (Å²) in [6.45, 7) is 0.388. The number of benzene rings is 1. The minimum atomic E-state index is -0.554.